The zero-order chi connectivity index (χ0) is 75.3. The quantitative estimate of drug-likeness (QED) is 0.0251. The molecule has 0 unspecified atom stereocenters. The maximum absolute atomic E-state index is 12.3. The van der Waals surface area contributed by atoms with Gasteiger partial charge in [0.1, 0.15) is 42.7 Å². The summed E-state index contributed by atoms with van der Waals surface area (Å²) in [5.74, 6) is -3.24. The standard InChI is InChI=1S/C62H121N7O33/c63-41-55(78)66-43-57(80)67-42-56(79)65-7-11-89-15-19-93-23-21-92-18-14-88-10-5-54(77)68-48(62(85)86)3-1-2-6-64-53(76)4-9-87-13-17-91-22-25-95-27-29-97-31-33-99-35-37-101-39-40-102-38-36-100-34-32-98-30-28-96-26-24-94-20-16-90-12-8-69(44-49(72)58(81)60(83)51(74)46-70)45-50(73)59(82)61(84)52(75)47-71/h48-52,58-61,70-75,81-84H,1-47,63H2,(H,64,76)(H,65,79)(H,66,78)(H,67,80)(H,68,77)(H,85,86)/t48-,49-,50-,51+,52+,58+,59+,60+,61+/m0/s1. The Bertz CT molecular complexity index is 1970. The molecule has 0 rings (SSSR count). The minimum Gasteiger partial charge on any atom is -0.480 e. The summed E-state index contributed by atoms with van der Waals surface area (Å²) in [5, 5.41) is 121. The molecule has 5 amide bonds. The zero-order valence-electron chi connectivity index (χ0n) is 58.9. The van der Waals surface area contributed by atoms with Gasteiger partial charge in [0.25, 0.3) is 0 Å². The van der Waals surface area contributed by atoms with Crippen molar-refractivity contribution in [3.8, 4) is 0 Å². The molecule has 9 atom stereocenters. The lowest BCUT2D eigenvalue weighted by Crippen LogP contribution is -2.53. The van der Waals surface area contributed by atoms with E-state index in [0.29, 0.717) is 165 Å². The van der Waals surface area contributed by atoms with Crippen molar-refractivity contribution in [2.45, 2.75) is 87.0 Å². The molecular formula is C62H121N7O33. The van der Waals surface area contributed by atoms with Crippen molar-refractivity contribution in [3.05, 3.63) is 0 Å². The van der Waals surface area contributed by atoms with Crippen LogP contribution in [0, 0.1) is 0 Å². The first kappa shape index (κ1) is 97.7. The highest BCUT2D eigenvalue weighted by atomic mass is 16.6. The smallest absolute Gasteiger partial charge is 0.326 e. The Labute approximate surface area is 595 Å². The predicted octanol–water partition coefficient (Wildman–Crippen LogP) is -9.63. The number of hydrogen-bond acceptors (Lipinski definition) is 34. The molecule has 0 fully saturated rings. The molecule has 0 aliphatic carbocycles. The van der Waals surface area contributed by atoms with Crippen LogP contribution in [0.5, 0.6) is 0 Å². The van der Waals surface area contributed by atoms with Crippen LogP contribution in [0.4, 0.5) is 0 Å². The van der Waals surface area contributed by atoms with E-state index >= 15 is 0 Å². The van der Waals surface area contributed by atoms with Gasteiger partial charge in [-0.05, 0) is 19.3 Å². The van der Waals surface area contributed by atoms with Crippen molar-refractivity contribution in [3.63, 3.8) is 0 Å². The molecule has 0 aromatic heterocycles. The summed E-state index contributed by atoms with van der Waals surface area (Å²) in [6.07, 6.45) is -13.1. The van der Waals surface area contributed by atoms with Gasteiger partial charge in [-0.3, -0.25) is 28.9 Å². The van der Waals surface area contributed by atoms with Gasteiger partial charge in [0.05, 0.1) is 256 Å². The molecule has 0 heterocycles. The number of ether oxygens (including phenoxy) is 16. The molecule has 0 saturated carbocycles. The zero-order valence-corrected chi connectivity index (χ0v) is 58.9. The Morgan fingerprint density at radius 2 is 0.608 bits per heavy atom. The van der Waals surface area contributed by atoms with E-state index in [1.165, 1.54) is 4.90 Å². The van der Waals surface area contributed by atoms with Crippen LogP contribution in [0.1, 0.15) is 32.1 Å². The van der Waals surface area contributed by atoms with E-state index in [1.54, 1.807) is 0 Å². The molecule has 0 aromatic rings. The summed E-state index contributed by atoms with van der Waals surface area (Å²) < 4.78 is 87.5. The molecule has 0 aliphatic rings. The van der Waals surface area contributed by atoms with E-state index in [2.05, 4.69) is 26.6 Å². The largest absolute Gasteiger partial charge is 0.480 e. The van der Waals surface area contributed by atoms with E-state index in [0.717, 1.165) is 0 Å². The molecular weight excluding hydrogens is 1370 g/mol. The van der Waals surface area contributed by atoms with Gasteiger partial charge in [-0.25, -0.2) is 4.79 Å². The highest BCUT2D eigenvalue weighted by molar-refractivity contribution is 5.88. The molecule has 602 valence electrons. The van der Waals surface area contributed by atoms with Crippen LogP contribution in [-0.4, -0.2) is 428 Å². The second-order valence-electron chi connectivity index (χ2n) is 22.1. The average molecular weight is 1490 g/mol. The Morgan fingerprint density at radius 3 is 0.941 bits per heavy atom. The fraction of sp³-hybridized carbons (Fsp3) is 0.903. The van der Waals surface area contributed by atoms with Gasteiger partial charge in [0.2, 0.25) is 29.5 Å². The molecule has 0 saturated heterocycles. The predicted molar refractivity (Wildman–Crippen MR) is 356 cm³/mol. The lowest BCUT2D eigenvalue weighted by atomic mass is 10.0. The third-order valence-electron chi connectivity index (χ3n) is 13.8. The molecule has 0 bridgehead atoms. The lowest BCUT2D eigenvalue weighted by molar-refractivity contribution is -0.142. The normalized spacial score (nSPS) is 14.4. The van der Waals surface area contributed by atoms with E-state index in [-0.39, 0.29) is 124 Å². The van der Waals surface area contributed by atoms with E-state index in [9.17, 15) is 74.7 Å². The Kier molecular flexibility index (Phi) is 68.0. The summed E-state index contributed by atoms with van der Waals surface area (Å²) in [6, 6.07) is -1.07. The highest BCUT2D eigenvalue weighted by Crippen LogP contribution is 2.11. The van der Waals surface area contributed by atoms with Gasteiger partial charge in [0.15, 0.2) is 0 Å². The number of nitrogens with zero attached hydrogens (tertiary/aromatic N) is 1. The van der Waals surface area contributed by atoms with Gasteiger partial charge >= 0.3 is 5.97 Å². The number of nitrogens with two attached hydrogens (primary N) is 1. The first-order chi connectivity index (χ1) is 49.4. The van der Waals surface area contributed by atoms with Crippen LogP contribution < -0.4 is 32.3 Å². The third kappa shape index (κ3) is 60.9. The lowest BCUT2D eigenvalue weighted by Gasteiger charge is -2.33. The number of unbranched alkanes of at least 4 members (excludes halogenated alkanes) is 1. The topological polar surface area (TPSA) is 562 Å². The van der Waals surface area contributed by atoms with Gasteiger partial charge in [-0.1, -0.05) is 0 Å². The third-order valence-corrected chi connectivity index (χ3v) is 13.8. The van der Waals surface area contributed by atoms with Crippen molar-refractivity contribution >= 4 is 35.5 Å². The van der Waals surface area contributed by atoms with Crippen molar-refractivity contribution in [1.29, 1.82) is 0 Å². The molecule has 18 N–H and O–H groups in total. The second-order valence-corrected chi connectivity index (χ2v) is 22.1. The van der Waals surface area contributed by atoms with Crippen molar-refractivity contribution in [2.75, 3.05) is 277 Å². The summed E-state index contributed by atoms with van der Waals surface area (Å²) in [6.45, 7) is 7.26. The summed E-state index contributed by atoms with van der Waals surface area (Å²) in [5.41, 5.74) is 5.13. The first-order valence-electron chi connectivity index (χ1n) is 34.3. The number of hydrogen-bond donors (Lipinski definition) is 17. The number of rotatable bonds is 78. The minimum atomic E-state index is -1.89. The van der Waals surface area contributed by atoms with E-state index in [1.807, 2.05) is 0 Å². The number of carboxylic acids is 1. The molecule has 0 aromatic carbocycles. The van der Waals surface area contributed by atoms with Crippen LogP contribution in [-0.2, 0) is 105 Å². The van der Waals surface area contributed by atoms with Gasteiger partial charge in [-0.15, -0.1) is 0 Å². The molecule has 102 heavy (non-hydrogen) atoms. The van der Waals surface area contributed by atoms with Crippen LogP contribution in [0.15, 0.2) is 0 Å². The van der Waals surface area contributed by atoms with Gasteiger partial charge in [0, 0.05) is 45.6 Å². The van der Waals surface area contributed by atoms with E-state index < -0.39 is 111 Å². The maximum Gasteiger partial charge on any atom is 0.326 e. The monoisotopic (exact) mass is 1490 g/mol. The van der Waals surface area contributed by atoms with Crippen molar-refractivity contribution in [1.82, 2.24) is 31.5 Å². The number of carbonyl (C=O) groups excluding carboxylic acids is 5. The Balaban J connectivity index is 3.59. The summed E-state index contributed by atoms with van der Waals surface area (Å²) in [4.78, 5) is 71.9. The number of aliphatic hydroxyl groups excluding tert-OH is 10. The van der Waals surface area contributed by atoms with Crippen molar-refractivity contribution in [2.24, 2.45) is 5.73 Å². The molecule has 0 aliphatic heterocycles. The van der Waals surface area contributed by atoms with Crippen LogP contribution >= 0.6 is 0 Å². The number of amides is 5. The highest BCUT2D eigenvalue weighted by Gasteiger charge is 2.34. The minimum absolute atomic E-state index is 0.0127. The second kappa shape index (κ2) is 71.0. The Hall–Kier alpha value is -4.30. The first-order valence-corrected chi connectivity index (χ1v) is 34.3. The molecule has 40 heteroatoms. The van der Waals surface area contributed by atoms with Crippen molar-refractivity contribution < 1.29 is 161 Å². The van der Waals surface area contributed by atoms with Crippen LogP contribution in [0.3, 0.4) is 0 Å². The maximum atomic E-state index is 12.3. The molecule has 0 radical (unpaired) electrons. The summed E-state index contributed by atoms with van der Waals surface area (Å²) >= 11 is 0. The Morgan fingerprint density at radius 1 is 0.324 bits per heavy atom. The fourth-order valence-electron chi connectivity index (χ4n) is 8.07. The van der Waals surface area contributed by atoms with E-state index in [4.69, 9.17) is 91.7 Å². The van der Waals surface area contributed by atoms with Crippen LogP contribution in [0.2, 0.25) is 0 Å². The number of carboxylic acid groups (broad SMARTS) is 1. The number of aliphatic carboxylic acids is 1. The van der Waals surface area contributed by atoms with Gasteiger partial charge < -0.3 is 164 Å². The molecule has 0 spiro atoms. The fourth-order valence-corrected chi connectivity index (χ4v) is 8.07. The average Bonchev–Trinajstić information content (AvgIpc) is 0.893. The number of carbonyl (C=O) groups is 6. The molecule has 40 nitrogen and oxygen atoms in total. The van der Waals surface area contributed by atoms with Crippen LogP contribution in [0.25, 0.3) is 0 Å². The number of nitrogens with one attached hydrogen (secondary N) is 5. The van der Waals surface area contributed by atoms with Gasteiger partial charge in [-0.2, -0.15) is 0 Å². The summed E-state index contributed by atoms with van der Waals surface area (Å²) in [7, 11) is 0. The SMILES string of the molecule is NCC(=O)NCC(=O)NCC(=O)NCCOCCOCCOCCOCCC(=O)N[C@@H](CCCCNC(=O)CCOCCOCCOCCOCCOCCOCCOCCOCCOCCOCCOCCOCCN(C[C@H](O)[C@@H](O)[C@H](O)[C@H](O)CO)C[C@H](O)[C@@H](O)[C@H](O)[C@H](O)CO)C(=O)O. The number of aliphatic hydroxyl groups is 10.